The van der Waals surface area contributed by atoms with E-state index in [0.717, 1.165) is 3.79 Å². The fourth-order valence-corrected chi connectivity index (χ4v) is 2.88. The zero-order chi connectivity index (χ0) is 13.1. The second-order valence-electron chi connectivity index (χ2n) is 3.82. The Bertz CT molecular complexity index is 566. The Morgan fingerprint density at radius 1 is 1.33 bits per heavy atom. The van der Waals surface area contributed by atoms with Gasteiger partial charge < -0.3 is 10.4 Å². The Morgan fingerprint density at radius 3 is 2.67 bits per heavy atom. The highest BCUT2D eigenvalue weighted by atomic mass is 79.9. The average molecular weight is 326 g/mol. The van der Waals surface area contributed by atoms with Gasteiger partial charge in [-0.15, -0.1) is 11.3 Å². The van der Waals surface area contributed by atoms with Crippen LogP contribution >= 0.6 is 27.3 Å². The first-order valence-corrected chi connectivity index (χ1v) is 7.02. The van der Waals surface area contributed by atoms with Gasteiger partial charge in [-0.2, -0.15) is 0 Å². The van der Waals surface area contributed by atoms with Gasteiger partial charge in [0.2, 0.25) is 0 Å². The number of benzene rings is 1. The summed E-state index contributed by atoms with van der Waals surface area (Å²) < 4.78 is 0.913. The molecule has 94 valence electrons. The van der Waals surface area contributed by atoms with Gasteiger partial charge in [-0.05, 0) is 41.1 Å². The number of thiophene rings is 1. The van der Waals surface area contributed by atoms with Crippen molar-refractivity contribution in [2.24, 2.45) is 0 Å². The predicted molar refractivity (Wildman–Crippen MR) is 77.0 cm³/mol. The van der Waals surface area contributed by atoms with Gasteiger partial charge in [0.15, 0.2) is 0 Å². The van der Waals surface area contributed by atoms with E-state index in [2.05, 4.69) is 21.2 Å². The van der Waals surface area contributed by atoms with E-state index >= 15 is 0 Å². The lowest BCUT2D eigenvalue weighted by Gasteiger charge is -2.12. The van der Waals surface area contributed by atoms with Gasteiger partial charge >= 0.3 is 0 Å². The summed E-state index contributed by atoms with van der Waals surface area (Å²) in [5, 5.41) is 12.4. The number of halogens is 1. The molecule has 0 bridgehead atoms. The number of hydrogen-bond acceptors (Lipinski definition) is 3. The summed E-state index contributed by atoms with van der Waals surface area (Å²) in [6, 6.07) is 10.8. The molecule has 1 aromatic heterocycles. The standard InChI is InChI=1S/C13H12BrNO2S/c1-8(16)9-4-2-3-5-10(9)15-13(17)11-6-7-12(14)18-11/h2-8,16H,1H3,(H,15,17). The zero-order valence-electron chi connectivity index (χ0n) is 9.68. The molecule has 1 amide bonds. The highest BCUT2D eigenvalue weighted by molar-refractivity contribution is 9.11. The summed E-state index contributed by atoms with van der Waals surface area (Å²) in [5.41, 5.74) is 1.35. The van der Waals surface area contributed by atoms with E-state index in [0.29, 0.717) is 16.1 Å². The molecule has 1 unspecified atom stereocenters. The maximum atomic E-state index is 12.0. The molecular weight excluding hydrogens is 314 g/mol. The maximum Gasteiger partial charge on any atom is 0.265 e. The van der Waals surface area contributed by atoms with Crippen LogP contribution in [0.25, 0.3) is 0 Å². The van der Waals surface area contributed by atoms with Crippen molar-refractivity contribution in [3.8, 4) is 0 Å². The van der Waals surface area contributed by atoms with Gasteiger partial charge in [0.1, 0.15) is 0 Å². The van der Waals surface area contributed by atoms with Crippen molar-refractivity contribution in [2.75, 3.05) is 5.32 Å². The molecule has 18 heavy (non-hydrogen) atoms. The van der Waals surface area contributed by atoms with Crippen LogP contribution in [0.15, 0.2) is 40.2 Å². The molecule has 0 fully saturated rings. The SMILES string of the molecule is CC(O)c1ccccc1NC(=O)c1ccc(Br)s1. The highest BCUT2D eigenvalue weighted by Crippen LogP contribution is 2.25. The molecule has 2 aromatic rings. The molecule has 1 atom stereocenters. The third-order valence-corrected chi connectivity index (χ3v) is 4.08. The van der Waals surface area contributed by atoms with Crippen LogP contribution in [0.4, 0.5) is 5.69 Å². The predicted octanol–water partition coefficient (Wildman–Crippen LogP) is 3.82. The molecule has 2 rings (SSSR count). The number of aliphatic hydroxyl groups excluding tert-OH is 1. The summed E-state index contributed by atoms with van der Waals surface area (Å²) in [6.45, 7) is 1.67. The topological polar surface area (TPSA) is 49.3 Å². The smallest absolute Gasteiger partial charge is 0.265 e. The molecule has 0 saturated heterocycles. The minimum absolute atomic E-state index is 0.168. The van der Waals surface area contributed by atoms with E-state index in [1.54, 1.807) is 25.1 Å². The van der Waals surface area contributed by atoms with Gasteiger partial charge in [0, 0.05) is 11.3 Å². The number of carbonyl (C=O) groups is 1. The normalized spacial score (nSPS) is 12.2. The Hall–Kier alpha value is -1.17. The Balaban J connectivity index is 2.22. The largest absolute Gasteiger partial charge is 0.389 e. The molecular formula is C13H12BrNO2S. The highest BCUT2D eigenvalue weighted by Gasteiger charge is 2.12. The third kappa shape index (κ3) is 2.98. The van der Waals surface area contributed by atoms with E-state index in [1.807, 2.05) is 18.2 Å². The molecule has 2 N–H and O–H groups in total. The van der Waals surface area contributed by atoms with Crippen molar-refractivity contribution >= 4 is 38.9 Å². The summed E-state index contributed by atoms with van der Waals surface area (Å²) in [5.74, 6) is -0.168. The number of carbonyl (C=O) groups excluding carboxylic acids is 1. The quantitative estimate of drug-likeness (QED) is 0.901. The van der Waals surface area contributed by atoms with Crippen molar-refractivity contribution in [3.63, 3.8) is 0 Å². The molecule has 0 saturated carbocycles. The van der Waals surface area contributed by atoms with Crippen LogP contribution in [0.5, 0.6) is 0 Å². The minimum Gasteiger partial charge on any atom is -0.389 e. The van der Waals surface area contributed by atoms with Crippen LogP contribution in [-0.2, 0) is 0 Å². The molecule has 0 aliphatic carbocycles. The van der Waals surface area contributed by atoms with E-state index in [4.69, 9.17) is 0 Å². The van der Waals surface area contributed by atoms with Gasteiger partial charge in [-0.3, -0.25) is 4.79 Å². The van der Waals surface area contributed by atoms with Crippen molar-refractivity contribution in [2.45, 2.75) is 13.0 Å². The zero-order valence-corrected chi connectivity index (χ0v) is 12.1. The summed E-state index contributed by atoms with van der Waals surface area (Å²) in [6.07, 6.45) is -0.614. The van der Waals surface area contributed by atoms with Gasteiger partial charge in [0.05, 0.1) is 14.8 Å². The first kappa shape index (κ1) is 13.3. The van der Waals surface area contributed by atoms with Crippen LogP contribution in [0.1, 0.15) is 28.3 Å². The van der Waals surface area contributed by atoms with Crippen LogP contribution in [0.3, 0.4) is 0 Å². The lowest BCUT2D eigenvalue weighted by Crippen LogP contribution is -2.12. The number of hydrogen-bond donors (Lipinski definition) is 2. The number of rotatable bonds is 3. The fraction of sp³-hybridized carbons (Fsp3) is 0.154. The van der Waals surface area contributed by atoms with Crippen LogP contribution in [-0.4, -0.2) is 11.0 Å². The second kappa shape index (κ2) is 5.65. The molecule has 5 heteroatoms. The van der Waals surface area contributed by atoms with Crippen molar-refractivity contribution in [3.05, 3.63) is 50.6 Å². The van der Waals surface area contributed by atoms with E-state index in [1.165, 1.54) is 11.3 Å². The summed E-state index contributed by atoms with van der Waals surface area (Å²) in [4.78, 5) is 12.6. The van der Waals surface area contributed by atoms with Crippen molar-refractivity contribution in [1.29, 1.82) is 0 Å². The van der Waals surface area contributed by atoms with Crippen LogP contribution in [0.2, 0.25) is 0 Å². The summed E-state index contributed by atoms with van der Waals surface area (Å²) >= 11 is 4.69. The van der Waals surface area contributed by atoms with Gasteiger partial charge in [-0.25, -0.2) is 0 Å². The van der Waals surface area contributed by atoms with Crippen LogP contribution < -0.4 is 5.32 Å². The Labute approximate surface area is 118 Å². The monoisotopic (exact) mass is 325 g/mol. The average Bonchev–Trinajstić information content (AvgIpc) is 2.76. The Morgan fingerprint density at radius 2 is 2.06 bits per heavy atom. The van der Waals surface area contributed by atoms with Gasteiger partial charge in [-0.1, -0.05) is 18.2 Å². The first-order chi connectivity index (χ1) is 8.58. The molecule has 1 heterocycles. The number of amides is 1. The second-order valence-corrected chi connectivity index (χ2v) is 6.28. The molecule has 3 nitrogen and oxygen atoms in total. The minimum atomic E-state index is -0.614. The Kier molecular flexibility index (Phi) is 4.16. The van der Waals surface area contributed by atoms with Crippen molar-refractivity contribution in [1.82, 2.24) is 0 Å². The lowest BCUT2D eigenvalue weighted by atomic mass is 10.1. The molecule has 1 aromatic carbocycles. The fourth-order valence-electron chi connectivity index (χ4n) is 1.60. The molecule has 0 spiro atoms. The molecule has 0 aliphatic rings. The third-order valence-electron chi connectivity index (χ3n) is 2.46. The number of nitrogens with one attached hydrogen (secondary N) is 1. The van der Waals surface area contributed by atoms with E-state index < -0.39 is 6.10 Å². The van der Waals surface area contributed by atoms with E-state index in [-0.39, 0.29) is 5.91 Å². The number of para-hydroxylation sites is 1. The first-order valence-electron chi connectivity index (χ1n) is 5.41. The maximum absolute atomic E-state index is 12.0. The number of anilines is 1. The number of aliphatic hydroxyl groups is 1. The van der Waals surface area contributed by atoms with E-state index in [9.17, 15) is 9.90 Å². The molecule has 0 radical (unpaired) electrons. The molecule has 0 aliphatic heterocycles. The van der Waals surface area contributed by atoms with Crippen LogP contribution in [0, 0.1) is 0 Å². The summed E-state index contributed by atoms with van der Waals surface area (Å²) in [7, 11) is 0. The lowest BCUT2D eigenvalue weighted by molar-refractivity contribution is 0.103. The van der Waals surface area contributed by atoms with Crippen molar-refractivity contribution < 1.29 is 9.90 Å². The van der Waals surface area contributed by atoms with Gasteiger partial charge in [0.25, 0.3) is 5.91 Å².